The number of benzene rings is 1. The Morgan fingerprint density at radius 1 is 1.25 bits per heavy atom. The largest absolute Gasteiger partial charge is 0.485 e. The van der Waals surface area contributed by atoms with Crippen LogP contribution in [0.15, 0.2) is 24.3 Å². The molecule has 108 valence electrons. The molecule has 4 unspecified atom stereocenters. The fraction of sp³-hybridized carbons (Fsp3) is 0.500. The zero-order valence-electron chi connectivity index (χ0n) is 11.2. The summed E-state index contributed by atoms with van der Waals surface area (Å²) in [6, 6.07) is 7.22. The number of ether oxygens (including phenoxy) is 4. The Bertz CT molecular complexity index is 506. The molecular weight excluding hydrogens is 262 g/mol. The summed E-state index contributed by atoms with van der Waals surface area (Å²) >= 11 is 0. The predicted octanol–water partition coefficient (Wildman–Crippen LogP) is 0.745. The molecule has 0 saturated carbocycles. The summed E-state index contributed by atoms with van der Waals surface area (Å²) in [6.45, 7) is 2.12. The second-order valence-electron chi connectivity index (χ2n) is 4.97. The first kappa shape index (κ1) is 13.2. The Labute approximate surface area is 116 Å². The van der Waals surface area contributed by atoms with Crippen LogP contribution in [0.5, 0.6) is 5.75 Å². The van der Waals surface area contributed by atoms with Crippen molar-refractivity contribution in [2.75, 3.05) is 18.9 Å². The van der Waals surface area contributed by atoms with Crippen LogP contribution < -0.4 is 10.5 Å². The number of anilines is 1. The van der Waals surface area contributed by atoms with Gasteiger partial charge in [-0.05, 0) is 12.1 Å². The van der Waals surface area contributed by atoms with E-state index in [0.717, 1.165) is 0 Å². The van der Waals surface area contributed by atoms with Crippen LogP contribution in [0.25, 0.3) is 0 Å². The number of nitrogens with two attached hydrogens (primary N) is 1. The van der Waals surface area contributed by atoms with Gasteiger partial charge in [0.1, 0.15) is 18.0 Å². The van der Waals surface area contributed by atoms with Gasteiger partial charge in [-0.3, -0.25) is 4.79 Å². The molecule has 4 atom stereocenters. The molecule has 2 fully saturated rings. The van der Waals surface area contributed by atoms with Crippen LogP contribution in [-0.4, -0.2) is 43.6 Å². The molecule has 1 aromatic carbocycles. The van der Waals surface area contributed by atoms with Gasteiger partial charge in [0.15, 0.2) is 12.2 Å². The molecule has 0 aromatic heterocycles. The van der Waals surface area contributed by atoms with Gasteiger partial charge in [-0.25, -0.2) is 0 Å². The van der Waals surface area contributed by atoms with Gasteiger partial charge >= 0.3 is 5.97 Å². The lowest BCUT2D eigenvalue weighted by Crippen LogP contribution is -2.36. The molecule has 2 aliphatic heterocycles. The number of nitrogen functional groups attached to an aromatic ring is 1. The molecule has 20 heavy (non-hydrogen) atoms. The van der Waals surface area contributed by atoms with Gasteiger partial charge < -0.3 is 24.7 Å². The molecule has 2 saturated heterocycles. The van der Waals surface area contributed by atoms with Crippen molar-refractivity contribution in [2.45, 2.75) is 31.3 Å². The smallest absolute Gasteiger partial charge is 0.303 e. The summed E-state index contributed by atoms with van der Waals surface area (Å²) < 4.78 is 22.3. The number of carbonyl (C=O) groups excluding carboxylic acids is 1. The highest BCUT2D eigenvalue weighted by molar-refractivity contribution is 5.66. The van der Waals surface area contributed by atoms with Crippen molar-refractivity contribution in [3.63, 3.8) is 0 Å². The Kier molecular flexibility index (Phi) is 3.50. The molecule has 3 rings (SSSR count). The zero-order valence-corrected chi connectivity index (χ0v) is 11.2. The first-order valence-corrected chi connectivity index (χ1v) is 6.56. The van der Waals surface area contributed by atoms with Crippen LogP contribution >= 0.6 is 0 Å². The zero-order chi connectivity index (χ0) is 14.1. The molecule has 0 radical (unpaired) electrons. The molecule has 6 nitrogen and oxygen atoms in total. The minimum atomic E-state index is -0.355. The average Bonchev–Trinajstić information content (AvgIpc) is 2.94. The van der Waals surface area contributed by atoms with E-state index >= 15 is 0 Å². The monoisotopic (exact) mass is 279 g/mol. The first-order chi connectivity index (χ1) is 9.63. The number of hydrogen-bond acceptors (Lipinski definition) is 6. The number of fused-ring (bicyclic) bond motifs is 1. The van der Waals surface area contributed by atoms with Crippen LogP contribution in [0.3, 0.4) is 0 Å². The van der Waals surface area contributed by atoms with Gasteiger partial charge in [-0.2, -0.15) is 0 Å². The number of esters is 1. The highest BCUT2D eigenvalue weighted by Crippen LogP contribution is 2.31. The molecule has 0 aliphatic carbocycles. The second-order valence-corrected chi connectivity index (χ2v) is 4.97. The van der Waals surface area contributed by atoms with Gasteiger partial charge in [0, 0.05) is 18.7 Å². The molecule has 1 aromatic rings. The van der Waals surface area contributed by atoms with Crippen molar-refractivity contribution >= 4 is 11.7 Å². The number of hydrogen-bond donors (Lipinski definition) is 1. The van der Waals surface area contributed by atoms with Crippen LogP contribution in [0.1, 0.15) is 6.92 Å². The molecule has 2 N–H and O–H groups in total. The second kappa shape index (κ2) is 5.30. The van der Waals surface area contributed by atoms with E-state index in [2.05, 4.69) is 0 Å². The van der Waals surface area contributed by atoms with E-state index in [-0.39, 0.29) is 30.4 Å². The summed E-state index contributed by atoms with van der Waals surface area (Å²) in [6.07, 6.45) is -1.06. The van der Waals surface area contributed by atoms with Crippen molar-refractivity contribution in [3.8, 4) is 5.75 Å². The lowest BCUT2D eigenvalue weighted by atomic mass is 10.1. The van der Waals surface area contributed by atoms with E-state index in [1.807, 2.05) is 12.1 Å². The summed E-state index contributed by atoms with van der Waals surface area (Å²) in [4.78, 5) is 11.0. The summed E-state index contributed by atoms with van der Waals surface area (Å²) in [7, 11) is 0. The van der Waals surface area contributed by atoms with Crippen LogP contribution in [0, 0.1) is 0 Å². The molecule has 0 amide bonds. The van der Waals surface area contributed by atoms with Crippen molar-refractivity contribution < 1.29 is 23.7 Å². The molecular formula is C14H17NO5. The number of carbonyl (C=O) groups is 1. The van der Waals surface area contributed by atoms with E-state index in [1.165, 1.54) is 6.92 Å². The highest BCUT2D eigenvalue weighted by Gasteiger charge is 2.50. The third kappa shape index (κ3) is 2.57. The van der Waals surface area contributed by atoms with Gasteiger partial charge in [-0.1, -0.05) is 6.07 Å². The Morgan fingerprint density at radius 3 is 2.65 bits per heavy atom. The first-order valence-electron chi connectivity index (χ1n) is 6.56. The van der Waals surface area contributed by atoms with E-state index < -0.39 is 0 Å². The maximum absolute atomic E-state index is 11.0. The van der Waals surface area contributed by atoms with E-state index in [1.54, 1.807) is 12.1 Å². The predicted molar refractivity (Wildman–Crippen MR) is 70.3 cm³/mol. The molecule has 2 aliphatic rings. The third-order valence-electron chi connectivity index (χ3n) is 3.43. The van der Waals surface area contributed by atoms with Crippen molar-refractivity contribution in [2.24, 2.45) is 0 Å². The SMILES string of the molecule is CC(=O)OC1COC2C(Oc3cccc(N)c3)COC12. The minimum absolute atomic E-state index is 0.220. The van der Waals surface area contributed by atoms with Gasteiger partial charge in [0.2, 0.25) is 0 Å². The maximum Gasteiger partial charge on any atom is 0.303 e. The fourth-order valence-electron chi connectivity index (χ4n) is 2.61. The quantitative estimate of drug-likeness (QED) is 0.649. The standard InChI is InChI=1S/C14H17NO5/c1-8(16)19-11-6-17-14-12(7-18-13(11)14)20-10-4-2-3-9(15)5-10/h2-5,11-14H,6-7,15H2,1H3. The van der Waals surface area contributed by atoms with Crippen molar-refractivity contribution in [1.82, 2.24) is 0 Å². The van der Waals surface area contributed by atoms with Crippen LogP contribution in [0.4, 0.5) is 5.69 Å². The van der Waals surface area contributed by atoms with Gasteiger partial charge in [0.05, 0.1) is 13.2 Å². The fourth-order valence-corrected chi connectivity index (χ4v) is 2.61. The highest BCUT2D eigenvalue weighted by atomic mass is 16.7. The summed E-state index contributed by atoms with van der Waals surface area (Å²) in [5.74, 6) is 0.349. The van der Waals surface area contributed by atoms with Crippen molar-refractivity contribution in [3.05, 3.63) is 24.3 Å². The lowest BCUT2D eigenvalue weighted by molar-refractivity contribution is -0.150. The maximum atomic E-state index is 11.0. The Morgan fingerprint density at radius 2 is 1.95 bits per heavy atom. The van der Waals surface area contributed by atoms with E-state index in [4.69, 9.17) is 24.7 Å². The Hall–Kier alpha value is -1.79. The summed E-state index contributed by atoms with van der Waals surface area (Å²) in [5, 5.41) is 0. The minimum Gasteiger partial charge on any atom is -0.485 e. The third-order valence-corrected chi connectivity index (χ3v) is 3.43. The average molecular weight is 279 g/mol. The number of rotatable bonds is 3. The normalized spacial score (nSPS) is 31.9. The molecule has 0 spiro atoms. The molecule has 2 heterocycles. The van der Waals surface area contributed by atoms with Crippen molar-refractivity contribution in [1.29, 1.82) is 0 Å². The lowest BCUT2D eigenvalue weighted by Gasteiger charge is -2.18. The Balaban J connectivity index is 1.65. The van der Waals surface area contributed by atoms with E-state index in [0.29, 0.717) is 24.7 Å². The molecule has 0 bridgehead atoms. The van der Waals surface area contributed by atoms with Gasteiger partial charge in [0.25, 0.3) is 0 Å². The molecule has 6 heteroatoms. The topological polar surface area (TPSA) is 80.0 Å². The summed E-state index contributed by atoms with van der Waals surface area (Å²) in [5.41, 5.74) is 6.36. The van der Waals surface area contributed by atoms with Gasteiger partial charge in [-0.15, -0.1) is 0 Å². The van der Waals surface area contributed by atoms with Crippen LogP contribution in [-0.2, 0) is 19.0 Å². The van der Waals surface area contributed by atoms with E-state index in [9.17, 15) is 4.79 Å². The van der Waals surface area contributed by atoms with Crippen LogP contribution in [0.2, 0.25) is 0 Å².